The third-order valence-electron chi connectivity index (χ3n) is 4.01. The van der Waals surface area contributed by atoms with Crippen LogP contribution >= 0.6 is 11.6 Å². The number of aromatic nitrogens is 1. The van der Waals surface area contributed by atoms with Crippen LogP contribution in [0.4, 0.5) is 11.5 Å². The molecule has 0 aliphatic carbocycles. The Morgan fingerprint density at radius 3 is 3.00 bits per heavy atom. The summed E-state index contributed by atoms with van der Waals surface area (Å²) < 4.78 is 0. The lowest BCUT2D eigenvalue weighted by Gasteiger charge is -2.44. The molecule has 0 radical (unpaired) electrons. The van der Waals surface area contributed by atoms with Crippen molar-refractivity contribution in [3.8, 4) is 0 Å². The van der Waals surface area contributed by atoms with Gasteiger partial charge in [-0.2, -0.15) is 0 Å². The van der Waals surface area contributed by atoms with Crippen LogP contribution in [-0.4, -0.2) is 42.1 Å². The summed E-state index contributed by atoms with van der Waals surface area (Å²) in [7, 11) is 0. The summed E-state index contributed by atoms with van der Waals surface area (Å²) in [6, 6.07) is 4.25. The SMILES string of the molecule is Nc1ccc(Cl)nc1N1CCN2CCCCC2C1. The Morgan fingerprint density at radius 2 is 2.11 bits per heavy atom. The minimum Gasteiger partial charge on any atom is -0.396 e. The van der Waals surface area contributed by atoms with Crippen molar-refractivity contribution < 1.29 is 0 Å². The minimum atomic E-state index is 0.519. The van der Waals surface area contributed by atoms with E-state index in [1.807, 2.05) is 6.07 Å². The zero-order valence-electron chi connectivity index (χ0n) is 10.5. The van der Waals surface area contributed by atoms with Crippen molar-refractivity contribution in [1.82, 2.24) is 9.88 Å². The summed E-state index contributed by atoms with van der Waals surface area (Å²) in [4.78, 5) is 9.27. The quantitative estimate of drug-likeness (QED) is 0.790. The number of nitrogens with zero attached hydrogens (tertiary/aromatic N) is 3. The fourth-order valence-corrected chi connectivity index (χ4v) is 3.18. The van der Waals surface area contributed by atoms with E-state index in [9.17, 15) is 0 Å². The largest absolute Gasteiger partial charge is 0.396 e. The van der Waals surface area contributed by atoms with Gasteiger partial charge in [0.25, 0.3) is 0 Å². The molecule has 18 heavy (non-hydrogen) atoms. The van der Waals surface area contributed by atoms with Gasteiger partial charge in [0.2, 0.25) is 0 Å². The van der Waals surface area contributed by atoms with Gasteiger partial charge >= 0.3 is 0 Å². The van der Waals surface area contributed by atoms with Gasteiger partial charge in [-0.25, -0.2) is 4.98 Å². The van der Waals surface area contributed by atoms with Gasteiger partial charge in [0.1, 0.15) is 5.15 Å². The van der Waals surface area contributed by atoms with Gasteiger partial charge in [0.05, 0.1) is 5.69 Å². The standard InChI is InChI=1S/C13H19ClN4/c14-12-5-4-11(15)13(16-12)18-8-7-17-6-2-1-3-10(17)9-18/h4-5,10H,1-3,6-9,15H2. The van der Waals surface area contributed by atoms with Crippen molar-refractivity contribution in [2.45, 2.75) is 25.3 Å². The van der Waals surface area contributed by atoms with Gasteiger partial charge in [-0.15, -0.1) is 0 Å². The number of anilines is 2. The van der Waals surface area contributed by atoms with Crippen molar-refractivity contribution >= 4 is 23.1 Å². The van der Waals surface area contributed by atoms with Crippen LogP contribution in [0.5, 0.6) is 0 Å². The molecule has 4 nitrogen and oxygen atoms in total. The van der Waals surface area contributed by atoms with E-state index in [-0.39, 0.29) is 0 Å². The maximum absolute atomic E-state index is 6.01. The Hall–Kier alpha value is -1.00. The molecule has 98 valence electrons. The van der Waals surface area contributed by atoms with Crippen LogP contribution < -0.4 is 10.6 Å². The van der Waals surface area contributed by atoms with Crippen molar-refractivity contribution in [2.24, 2.45) is 0 Å². The summed E-state index contributed by atoms with van der Waals surface area (Å²) in [6.45, 7) is 4.38. The highest BCUT2D eigenvalue weighted by atomic mass is 35.5. The van der Waals surface area contributed by atoms with E-state index in [2.05, 4.69) is 14.8 Å². The van der Waals surface area contributed by atoms with Crippen LogP contribution in [0.1, 0.15) is 19.3 Å². The normalized spacial score (nSPS) is 24.9. The monoisotopic (exact) mass is 266 g/mol. The van der Waals surface area contributed by atoms with Crippen LogP contribution in [0.2, 0.25) is 5.15 Å². The first kappa shape index (κ1) is 12.1. The molecule has 0 amide bonds. The van der Waals surface area contributed by atoms with Gasteiger partial charge in [-0.3, -0.25) is 4.90 Å². The van der Waals surface area contributed by atoms with E-state index in [1.54, 1.807) is 6.07 Å². The smallest absolute Gasteiger partial charge is 0.153 e. The Labute approximate surface area is 113 Å². The Kier molecular flexibility index (Phi) is 3.31. The summed E-state index contributed by atoms with van der Waals surface area (Å²) in [5, 5.41) is 0.519. The summed E-state index contributed by atoms with van der Waals surface area (Å²) in [5.41, 5.74) is 6.74. The molecule has 0 bridgehead atoms. The maximum Gasteiger partial charge on any atom is 0.153 e. The molecular weight excluding hydrogens is 248 g/mol. The number of piperidine rings is 1. The van der Waals surface area contributed by atoms with Crippen LogP contribution in [0.3, 0.4) is 0 Å². The van der Waals surface area contributed by atoms with Crippen molar-refractivity contribution in [1.29, 1.82) is 0 Å². The van der Waals surface area contributed by atoms with Gasteiger partial charge in [0.15, 0.2) is 5.82 Å². The number of piperazine rings is 1. The molecule has 1 aromatic rings. The topological polar surface area (TPSA) is 45.4 Å². The van der Waals surface area contributed by atoms with E-state index in [4.69, 9.17) is 17.3 Å². The molecule has 3 rings (SSSR count). The molecule has 2 aliphatic heterocycles. The second-order valence-electron chi connectivity index (χ2n) is 5.18. The average Bonchev–Trinajstić information content (AvgIpc) is 2.41. The number of hydrogen-bond donors (Lipinski definition) is 1. The highest BCUT2D eigenvalue weighted by Crippen LogP contribution is 2.28. The van der Waals surface area contributed by atoms with Crippen molar-refractivity contribution in [3.63, 3.8) is 0 Å². The molecule has 0 aromatic carbocycles. The molecule has 3 heterocycles. The predicted octanol–water partition coefficient (Wildman–Crippen LogP) is 1.99. The van der Waals surface area contributed by atoms with Crippen LogP contribution in [-0.2, 0) is 0 Å². The first-order valence-corrected chi connectivity index (χ1v) is 7.03. The number of nitrogens with two attached hydrogens (primary N) is 1. The van der Waals surface area contributed by atoms with Crippen LogP contribution in [0.15, 0.2) is 12.1 Å². The number of hydrogen-bond acceptors (Lipinski definition) is 4. The van der Waals surface area contributed by atoms with Gasteiger partial charge < -0.3 is 10.6 Å². The van der Waals surface area contributed by atoms with Crippen LogP contribution in [0, 0.1) is 0 Å². The molecule has 1 atom stereocenters. The van der Waals surface area contributed by atoms with Crippen LogP contribution in [0.25, 0.3) is 0 Å². The van der Waals surface area contributed by atoms with E-state index in [1.165, 1.54) is 25.8 Å². The van der Waals surface area contributed by atoms with E-state index in [0.29, 0.717) is 11.2 Å². The van der Waals surface area contributed by atoms with E-state index < -0.39 is 0 Å². The second kappa shape index (κ2) is 4.94. The number of halogens is 1. The highest BCUT2D eigenvalue weighted by molar-refractivity contribution is 6.29. The van der Waals surface area contributed by atoms with Crippen molar-refractivity contribution in [3.05, 3.63) is 17.3 Å². The average molecular weight is 267 g/mol. The third kappa shape index (κ3) is 2.27. The summed E-state index contributed by atoms with van der Waals surface area (Å²) in [6.07, 6.45) is 3.97. The molecule has 2 aliphatic rings. The Morgan fingerprint density at radius 1 is 1.22 bits per heavy atom. The number of nitrogen functional groups attached to an aromatic ring is 1. The minimum absolute atomic E-state index is 0.519. The second-order valence-corrected chi connectivity index (χ2v) is 5.57. The Bertz CT molecular complexity index is 437. The summed E-state index contributed by atoms with van der Waals surface area (Å²) in [5.74, 6) is 0.854. The highest BCUT2D eigenvalue weighted by Gasteiger charge is 2.30. The number of pyridine rings is 1. The molecule has 1 unspecified atom stereocenters. The fourth-order valence-electron chi connectivity index (χ4n) is 3.04. The summed E-state index contributed by atoms with van der Waals surface area (Å²) >= 11 is 5.97. The molecule has 0 spiro atoms. The zero-order valence-corrected chi connectivity index (χ0v) is 11.2. The predicted molar refractivity (Wildman–Crippen MR) is 75.1 cm³/mol. The molecule has 2 saturated heterocycles. The van der Waals surface area contributed by atoms with E-state index in [0.717, 1.165) is 31.1 Å². The van der Waals surface area contributed by atoms with Gasteiger partial charge in [-0.1, -0.05) is 18.0 Å². The number of fused-ring (bicyclic) bond motifs is 1. The molecule has 0 saturated carbocycles. The molecule has 5 heteroatoms. The van der Waals surface area contributed by atoms with Gasteiger partial charge in [-0.05, 0) is 31.5 Å². The first-order valence-electron chi connectivity index (χ1n) is 6.65. The molecule has 1 aromatic heterocycles. The lowest BCUT2D eigenvalue weighted by atomic mass is 9.99. The fraction of sp³-hybridized carbons (Fsp3) is 0.615. The van der Waals surface area contributed by atoms with Crippen molar-refractivity contribution in [2.75, 3.05) is 36.8 Å². The van der Waals surface area contributed by atoms with E-state index >= 15 is 0 Å². The maximum atomic E-state index is 6.01. The molecule has 2 fully saturated rings. The molecule has 2 N–H and O–H groups in total. The molecular formula is C13H19ClN4. The van der Waals surface area contributed by atoms with Gasteiger partial charge in [0, 0.05) is 25.7 Å². The first-order chi connectivity index (χ1) is 8.74. The zero-order chi connectivity index (χ0) is 12.5. The third-order valence-corrected chi connectivity index (χ3v) is 4.22. The Balaban J connectivity index is 1.79. The lowest BCUT2D eigenvalue weighted by Crippen LogP contribution is -2.55. The number of rotatable bonds is 1. The lowest BCUT2D eigenvalue weighted by molar-refractivity contribution is 0.133.